The lowest BCUT2D eigenvalue weighted by atomic mass is 10.2. The topological polar surface area (TPSA) is 17.8 Å². The summed E-state index contributed by atoms with van der Waals surface area (Å²) in [5.74, 6) is 1.40. The molecule has 1 heterocycles. The lowest BCUT2D eigenvalue weighted by molar-refractivity contribution is 0.853. The number of hydrogen-bond acceptors (Lipinski definition) is 1. The molecule has 0 spiro atoms. The maximum atomic E-state index is 5.78. The van der Waals surface area contributed by atoms with Crippen molar-refractivity contribution in [3.8, 4) is 0 Å². The molecule has 0 aliphatic carbocycles. The molecule has 0 saturated heterocycles. The number of halogens is 2. The smallest absolute Gasteiger partial charge is 0.132 e. The predicted molar refractivity (Wildman–Crippen MR) is 75.4 cm³/mol. The van der Waals surface area contributed by atoms with Gasteiger partial charge >= 0.3 is 0 Å². The highest BCUT2D eigenvalue weighted by atomic mass is 35.5. The Labute approximate surface area is 112 Å². The molecular formula is C13H14Cl2N2. The van der Waals surface area contributed by atoms with E-state index in [9.17, 15) is 0 Å². The van der Waals surface area contributed by atoms with Gasteiger partial charge in [0.25, 0.3) is 0 Å². The van der Waals surface area contributed by atoms with Crippen LogP contribution in [0.3, 0.4) is 0 Å². The summed E-state index contributed by atoms with van der Waals surface area (Å²) >= 11 is 5.78. The van der Waals surface area contributed by atoms with Gasteiger partial charge in [-0.2, -0.15) is 0 Å². The van der Waals surface area contributed by atoms with Gasteiger partial charge in [-0.3, -0.25) is 0 Å². The summed E-state index contributed by atoms with van der Waals surface area (Å²) in [4.78, 5) is 4.29. The zero-order chi connectivity index (χ0) is 11.4. The van der Waals surface area contributed by atoms with Crippen LogP contribution >= 0.6 is 24.0 Å². The third kappa shape index (κ3) is 3.35. The SMILES string of the molecule is Cl.Cn1c(CCl)cnc1C=Cc1ccccc1. The van der Waals surface area contributed by atoms with Gasteiger partial charge in [0.1, 0.15) is 5.82 Å². The van der Waals surface area contributed by atoms with E-state index >= 15 is 0 Å². The second-order valence-electron chi connectivity index (χ2n) is 3.54. The second kappa shape index (κ2) is 6.48. The molecule has 0 amide bonds. The van der Waals surface area contributed by atoms with Crippen LogP contribution in [0.4, 0.5) is 0 Å². The Hall–Kier alpha value is -1.25. The molecule has 4 heteroatoms. The zero-order valence-corrected chi connectivity index (χ0v) is 11.1. The van der Waals surface area contributed by atoms with E-state index < -0.39 is 0 Å². The molecule has 2 nitrogen and oxygen atoms in total. The fourth-order valence-electron chi connectivity index (χ4n) is 1.47. The summed E-state index contributed by atoms with van der Waals surface area (Å²) in [6.45, 7) is 0. The van der Waals surface area contributed by atoms with Crippen LogP contribution in [-0.2, 0) is 12.9 Å². The molecule has 1 aromatic heterocycles. The summed E-state index contributed by atoms with van der Waals surface area (Å²) in [7, 11) is 1.97. The molecule has 0 N–H and O–H groups in total. The minimum atomic E-state index is 0. The Balaban J connectivity index is 0.00000144. The van der Waals surface area contributed by atoms with Crippen molar-refractivity contribution in [1.29, 1.82) is 0 Å². The van der Waals surface area contributed by atoms with E-state index in [4.69, 9.17) is 11.6 Å². The van der Waals surface area contributed by atoms with Crippen molar-refractivity contribution in [2.75, 3.05) is 0 Å². The average molecular weight is 269 g/mol. The third-order valence-electron chi connectivity index (χ3n) is 2.48. The second-order valence-corrected chi connectivity index (χ2v) is 3.81. The highest BCUT2D eigenvalue weighted by Crippen LogP contribution is 2.10. The van der Waals surface area contributed by atoms with Gasteiger partial charge < -0.3 is 4.57 Å². The first-order valence-electron chi connectivity index (χ1n) is 5.11. The van der Waals surface area contributed by atoms with Crippen LogP contribution in [0.1, 0.15) is 17.1 Å². The van der Waals surface area contributed by atoms with Crippen molar-refractivity contribution in [1.82, 2.24) is 9.55 Å². The molecule has 2 rings (SSSR count). The van der Waals surface area contributed by atoms with Crippen molar-refractivity contribution in [3.63, 3.8) is 0 Å². The Morgan fingerprint density at radius 3 is 2.53 bits per heavy atom. The molecule has 0 bridgehead atoms. The third-order valence-corrected chi connectivity index (χ3v) is 2.76. The fraction of sp³-hybridized carbons (Fsp3) is 0.154. The quantitative estimate of drug-likeness (QED) is 0.776. The fourth-order valence-corrected chi connectivity index (χ4v) is 1.72. The van der Waals surface area contributed by atoms with E-state index in [1.165, 1.54) is 0 Å². The zero-order valence-electron chi connectivity index (χ0n) is 9.51. The van der Waals surface area contributed by atoms with Crippen LogP contribution < -0.4 is 0 Å². The Kier molecular flexibility index (Phi) is 5.26. The average Bonchev–Trinajstić information content (AvgIpc) is 2.69. The molecule has 0 atom stereocenters. The Morgan fingerprint density at radius 1 is 1.24 bits per heavy atom. The molecule has 17 heavy (non-hydrogen) atoms. The Bertz CT molecular complexity index is 489. The van der Waals surface area contributed by atoms with Crippen molar-refractivity contribution in [2.45, 2.75) is 5.88 Å². The maximum absolute atomic E-state index is 5.78. The van der Waals surface area contributed by atoms with E-state index in [1.807, 2.05) is 42.0 Å². The highest BCUT2D eigenvalue weighted by molar-refractivity contribution is 6.16. The van der Waals surface area contributed by atoms with Crippen LogP contribution in [-0.4, -0.2) is 9.55 Å². The van der Waals surface area contributed by atoms with Crippen LogP contribution in [0.2, 0.25) is 0 Å². The van der Waals surface area contributed by atoms with Crippen LogP contribution in [0.15, 0.2) is 36.5 Å². The predicted octanol–water partition coefficient (Wildman–Crippen LogP) is 3.75. The van der Waals surface area contributed by atoms with Crippen LogP contribution in [0.5, 0.6) is 0 Å². The largest absolute Gasteiger partial charge is 0.331 e. The first kappa shape index (κ1) is 13.8. The van der Waals surface area contributed by atoms with Gasteiger partial charge in [-0.25, -0.2) is 4.98 Å². The van der Waals surface area contributed by atoms with Gasteiger partial charge in [0.2, 0.25) is 0 Å². The van der Waals surface area contributed by atoms with Gasteiger partial charge in [-0.05, 0) is 11.6 Å². The van der Waals surface area contributed by atoms with Crippen molar-refractivity contribution in [3.05, 3.63) is 53.6 Å². The van der Waals surface area contributed by atoms with E-state index in [-0.39, 0.29) is 12.4 Å². The molecule has 0 fully saturated rings. The lowest BCUT2D eigenvalue weighted by Crippen LogP contribution is -1.95. The monoisotopic (exact) mass is 268 g/mol. The van der Waals surface area contributed by atoms with Crippen molar-refractivity contribution < 1.29 is 0 Å². The number of imidazole rings is 1. The number of nitrogens with zero attached hydrogens (tertiary/aromatic N) is 2. The molecule has 0 unspecified atom stereocenters. The number of alkyl halides is 1. The summed E-state index contributed by atoms with van der Waals surface area (Å²) in [6.07, 6.45) is 5.84. The van der Waals surface area contributed by atoms with E-state index in [1.54, 1.807) is 6.20 Å². The maximum Gasteiger partial charge on any atom is 0.132 e. The first-order chi connectivity index (χ1) is 7.81. The summed E-state index contributed by atoms with van der Waals surface area (Å²) in [6, 6.07) is 10.2. The minimum Gasteiger partial charge on any atom is -0.331 e. The standard InChI is InChI=1S/C13H13ClN2.ClH/c1-16-12(9-14)10-15-13(16)8-7-11-5-3-2-4-6-11;/h2-8,10H,9H2,1H3;1H. The number of hydrogen-bond donors (Lipinski definition) is 0. The normalized spacial score (nSPS) is 10.5. The summed E-state index contributed by atoms with van der Waals surface area (Å²) < 4.78 is 1.99. The molecule has 2 aromatic rings. The molecule has 0 aliphatic rings. The van der Waals surface area contributed by atoms with Crippen molar-refractivity contribution >= 4 is 36.2 Å². The number of aromatic nitrogens is 2. The number of benzene rings is 1. The summed E-state index contributed by atoms with van der Waals surface area (Å²) in [5.41, 5.74) is 2.19. The molecule has 1 aromatic carbocycles. The van der Waals surface area contributed by atoms with Gasteiger partial charge in [0, 0.05) is 7.05 Å². The molecule has 0 radical (unpaired) electrons. The summed E-state index contributed by atoms with van der Waals surface area (Å²) in [5, 5.41) is 0. The van der Waals surface area contributed by atoms with Crippen LogP contribution in [0, 0.1) is 0 Å². The van der Waals surface area contributed by atoms with Gasteiger partial charge in [0.05, 0.1) is 17.8 Å². The van der Waals surface area contributed by atoms with E-state index in [0.717, 1.165) is 17.1 Å². The van der Waals surface area contributed by atoms with Crippen LogP contribution in [0.25, 0.3) is 12.2 Å². The van der Waals surface area contributed by atoms with Gasteiger partial charge in [-0.1, -0.05) is 36.4 Å². The molecule has 0 saturated carbocycles. The van der Waals surface area contributed by atoms with E-state index in [2.05, 4.69) is 17.1 Å². The molecular weight excluding hydrogens is 255 g/mol. The minimum absolute atomic E-state index is 0. The molecule has 90 valence electrons. The highest BCUT2D eigenvalue weighted by Gasteiger charge is 2.01. The first-order valence-corrected chi connectivity index (χ1v) is 5.64. The number of rotatable bonds is 3. The van der Waals surface area contributed by atoms with Gasteiger partial charge in [0.15, 0.2) is 0 Å². The molecule has 0 aliphatic heterocycles. The lowest BCUT2D eigenvalue weighted by Gasteiger charge is -1.99. The van der Waals surface area contributed by atoms with Crippen molar-refractivity contribution in [2.24, 2.45) is 7.05 Å². The van der Waals surface area contributed by atoms with E-state index in [0.29, 0.717) is 5.88 Å². The van der Waals surface area contributed by atoms with Gasteiger partial charge in [-0.15, -0.1) is 24.0 Å². The Morgan fingerprint density at radius 2 is 1.94 bits per heavy atom.